The topological polar surface area (TPSA) is 131 Å². The molecular weight excluding hydrogens is 372 g/mol. The molecule has 2 aromatic heterocycles. The van der Waals surface area contributed by atoms with Crippen molar-refractivity contribution in [2.24, 2.45) is 5.73 Å². The summed E-state index contributed by atoms with van der Waals surface area (Å²) in [4.78, 5) is 31.9. The summed E-state index contributed by atoms with van der Waals surface area (Å²) in [5.41, 5.74) is 5.78. The SMILES string of the molecule is C[C@H](NC(=O)/C(=C/N)c1ncccn1)c1cc2cc(Cl)cc(C(=O)O)c2o1. The molecule has 8 nitrogen and oxygen atoms in total. The van der Waals surface area contributed by atoms with Crippen LogP contribution in [0.15, 0.2) is 47.3 Å². The zero-order chi connectivity index (χ0) is 19.6. The third kappa shape index (κ3) is 3.75. The standard InChI is InChI=1S/C18H15ClN4O4/c1-9(23-17(24)13(8-20)16-21-3-2-4-22-16)14-6-10-5-11(19)7-12(18(25)26)15(10)27-14/h2-9H,20H2,1H3,(H,23,24)(H,25,26)/b13-8+/t9-/m0/s1. The number of nitrogens with zero attached hydrogens (tertiary/aromatic N) is 2. The van der Waals surface area contributed by atoms with Crippen LogP contribution >= 0.6 is 11.6 Å². The van der Waals surface area contributed by atoms with Crippen LogP contribution in [0.4, 0.5) is 0 Å². The van der Waals surface area contributed by atoms with Gasteiger partial charge in [0.05, 0.1) is 11.6 Å². The second-order valence-electron chi connectivity index (χ2n) is 5.67. The second kappa shape index (κ2) is 7.46. The number of benzene rings is 1. The van der Waals surface area contributed by atoms with Crippen molar-refractivity contribution in [2.75, 3.05) is 0 Å². The highest BCUT2D eigenvalue weighted by atomic mass is 35.5. The molecule has 2 heterocycles. The molecular formula is C18H15ClN4O4. The monoisotopic (exact) mass is 386 g/mol. The van der Waals surface area contributed by atoms with E-state index in [2.05, 4.69) is 15.3 Å². The average molecular weight is 387 g/mol. The number of furan rings is 1. The number of nitrogens with one attached hydrogen (secondary N) is 1. The lowest BCUT2D eigenvalue weighted by Gasteiger charge is -2.12. The summed E-state index contributed by atoms with van der Waals surface area (Å²) < 4.78 is 5.66. The van der Waals surface area contributed by atoms with Gasteiger partial charge in [-0.2, -0.15) is 0 Å². The first-order valence-electron chi connectivity index (χ1n) is 7.87. The van der Waals surface area contributed by atoms with Crippen LogP contribution in [0.2, 0.25) is 5.02 Å². The van der Waals surface area contributed by atoms with Crippen molar-refractivity contribution in [1.82, 2.24) is 15.3 Å². The number of carboxylic acid groups (broad SMARTS) is 1. The van der Waals surface area contributed by atoms with Crippen LogP contribution in [-0.4, -0.2) is 27.0 Å². The van der Waals surface area contributed by atoms with Crippen LogP contribution in [-0.2, 0) is 4.79 Å². The van der Waals surface area contributed by atoms with E-state index in [4.69, 9.17) is 21.8 Å². The highest BCUT2D eigenvalue weighted by Gasteiger charge is 2.21. The fraction of sp³-hybridized carbons (Fsp3) is 0.111. The summed E-state index contributed by atoms with van der Waals surface area (Å²) in [5.74, 6) is -1.09. The highest BCUT2D eigenvalue weighted by Crippen LogP contribution is 2.30. The molecule has 9 heteroatoms. The molecule has 0 aliphatic carbocycles. The zero-order valence-electron chi connectivity index (χ0n) is 14.1. The molecule has 0 aliphatic heterocycles. The highest BCUT2D eigenvalue weighted by molar-refractivity contribution is 6.32. The molecule has 1 atom stereocenters. The number of aromatic carboxylic acids is 1. The molecule has 0 aliphatic rings. The number of halogens is 1. The Morgan fingerprint density at radius 1 is 1.30 bits per heavy atom. The van der Waals surface area contributed by atoms with Gasteiger partial charge in [0.15, 0.2) is 5.82 Å². The lowest BCUT2D eigenvalue weighted by Crippen LogP contribution is -2.28. The second-order valence-corrected chi connectivity index (χ2v) is 6.11. The van der Waals surface area contributed by atoms with Crippen molar-refractivity contribution in [3.63, 3.8) is 0 Å². The van der Waals surface area contributed by atoms with Crippen LogP contribution in [0.1, 0.15) is 34.9 Å². The third-order valence-electron chi connectivity index (χ3n) is 3.82. The summed E-state index contributed by atoms with van der Waals surface area (Å²) in [6.07, 6.45) is 4.12. The Morgan fingerprint density at radius 2 is 2.00 bits per heavy atom. The van der Waals surface area contributed by atoms with Crippen LogP contribution in [0, 0.1) is 0 Å². The molecule has 0 bridgehead atoms. The Balaban J connectivity index is 1.88. The molecule has 0 saturated heterocycles. The number of aromatic nitrogens is 2. The van der Waals surface area contributed by atoms with E-state index in [1.807, 2.05) is 0 Å². The molecule has 1 amide bonds. The predicted molar refractivity (Wildman–Crippen MR) is 98.9 cm³/mol. The quantitative estimate of drug-likeness (QED) is 0.574. The maximum absolute atomic E-state index is 12.5. The van der Waals surface area contributed by atoms with E-state index in [9.17, 15) is 14.7 Å². The van der Waals surface area contributed by atoms with E-state index in [1.165, 1.54) is 18.5 Å². The Hall–Kier alpha value is -3.39. The summed E-state index contributed by atoms with van der Waals surface area (Å²) in [7, 11) is 0. The van der Waals surface area contributed by atoms with Crippen molar-refractivity contribution >= 4 is 40.0 Å². The largest absolute Gasteiger partial charge is 0.478 e. The first-order valence-corrected chi connectivity index (χ1v) is 8.25. The van der Waals surface area contributed by atoms with E-state index in [-0.39, 0.29) is 27.6 Å². The van der Waals surface area contributed by atoms with Gasteiger partial charge in [-0.1, -0.05) is 11.6 Å². The van der Waals surface area contributed by atoms with Gasteiger partial charge in [0.1, 0.15) is 16.9 Å². The lowest BCUT2D eigenvalue weighted by atomic mass is 10.1. The van der Waals surface area contributed by atoms with Crippen molar-refractivity contribution in [2.45, 2.75) is 13.0 Å². The molecule has 0 radical (unpaired) electrons. The molecule has 0 fully saturated rings. The zero-order valence-corrected chi connectivity index (χ0v) is 14.9. The van der Waals surface area contributed by atoms with Gasteiger partial charge in [-0.15, -0.1) is 0 Å². The summed E-state index contributed by atoms with van der Waals surface area (Å²) in [6.45, 7) is 1.69. The normalized spacial score (nSPS) is 12.7. The van der Waals surface area contributed by atoms with Crippen LogP contribution in [0.5, 0.6) is 0 Å². The maximum Gasteiger partial charge on any atom is 0.339 e. The van der Waals surface area contributed by atoms with E-state index < -0.39 is 17.9 Å². The van der Waals surface area contributed by atoms with Gasteiger partial charge in [-0.25, -0.2) is 14.8 Å². The number of rotatable bonds is 5. The Labute approximate surface area is 158 Å². The number of carboxylic acids is 1. The summed E-state index contributed by atoms with van der Waals surface area (Å²) >= 11 is 5.96. The van der Waals surface area contributed by atoms with Crippen LogP contribution in [0.25, 0.3) is 16.5 Å². The molecule has 0 spiro atoms. The van der Waals surface area contributed by atoms with Gasteiger partial charge in [0.2, 0.25) is 0 Å². The predicted octanol–water partition coefficient (Wildman–Crippen LogP) is 2.75. The van der Waals surface area contributed by atoms with Crippen molar-refractivity contribution in [1.29, 1.82) is 0 Å². The molecule has 27 heavy (non-hydrogen) atoms. The minimum absolute atomic E-state index is 0.0532. The van der Waals surface area contributed by atoms with Gasteiger partial charge < -0.3 is 20.6 Å². The lowest BCUT2D eigenvalue weighted by molar-refractivity contribution is -0.116. The van der Waals surface area contributed by atoms with Gasteiger partial charge in [-0.3, -0.25) is 4.79 Å². The Bertz CT molecular complexity index is 1050. The Morgan fingerprint density at radius 3 is 2.63 bits per heavy atom. The summed E-state index contributed by atoms with van der Waals surface area (Å²) in [6, 6.07) is 5.59. The van der Waals surface area contributed by atoms with E-state index >= 15 is 0 Å². The number of carbonyl (C=O) groups is 2. The number of nitrogens with two attached hydrogens (primary N) is 1. The van der Waals surface area contributed by atoms with Crippen molar-refractivity contribution < 1.29 is 19.1 Å². The minimum atomic E-state index is -1.16. The van der Waals surface area contributed by atoms with E-state index in [0.717, 1.165) is 6.20 Å². The van der Waals surface area contributed by atoms with Crippen LogP contribution < -0.4 is 11.1 Å². The van der Waals surface area contributed by atoms with Gasteiger partial charge in [-0.05, 0) is 31.2 Å². The van der Waals surface area contributed by atoms with Crippen LogP contribution in [0.3, 0.4) is 0 Å². The van der Waals surface area contributed by atoms with E-state index in [1.54, 1.807) is 25.1 Å². The van der Waals surface area contributed by atoms with Crippen molar-refractivity contribution in [3.05, 3.63) is 65.0 Å². The molecule has 4 N–H and O–H groups in total. The molecule has 3 aromatic rings. The number of amides is 1. The number of fused-ring (bicyclic) bond motifs is 1. The molecule has 138 valence electrons. The summed E-state index contributed by atoms with van der Waals surface area (Å²) in [5, 5.41) is 12.8. The average Bonchev–Trinajstić information content (AvgIpc) is 3.06. The smallest absolute Gasteiger partial charge is 0.339 e. The van der Waals surface area contributed by atoms with Gasteiger partial charge in [0, 0.05) is 29.0 Å². The fourth-order valence-electron chi connectivity index (χ4n) is 2.54. The van der Waals surface area contributed by atoms with Gasteiger partial charge in [0.25, 0.3) is 5.91 Å². The molecule has 3 rings (SSSR count). The molecule has 0 unspecified atom stereocenters. The number of hydrogen-bond acceptors (Lipinski definition) is 6. The minimum Gasteiger partial charge on any atom is -0.478 e. The van der Waals surface area contributed by atoms with Gasteiger partial charge >= 0.3 is 5.97 Å². The first kappa shape index (κ1) is 18.4. The number of carbonyl (C=O) groups excluding carboxylic acids is 1. The molecule has 1 aromatic carbocycles. The van der Waals surface area contributed by atoms with Crippen molar-refractivity contribution in [3.8, 4) is 0 Å². The third-order valence-corrected chi connectivity index (χ3v) is 4.04. The molecule has 0 saturated carbocycles. The first-order chi connectivity index (χ1) is 12.9. The fourth-order valence-corrected chi connectivity index (χ4v) is 2.77. The maximum atomic E-state index is 12.5. The Kier molecular flexibility index (Phi) is 5.09. The number of hydrogen-bond donors (Lipinski definition) is 3. The van der Waals surface area contributed by atoms with E-state index in [0.29, 0.717) is 11.1 Å².